The molecule has 5 nitrogen and oxygen atoms in total. The van der Waals surface area contributed by atoms with Crippen LogP contribution in [0, 0.1) is 25.6 Å². The normalized spacial score (nSPS) is 15.2. The topological polar surface area (TPSA) is 61.4 Å². The van der Waals surface area contributed by atoms with Crippen molar-refractivity contribution in [2.75, 3.05) is 30.3 Å². The number of rotatable bonds is 5. The Labute approximate surface area is 164 Å². The Morgan fingerprint density at radius 3 is 2.18 bits per heavy atom. The number of hydrogen-bond donors (Lipinski definition) is 2. The molecule has 0 radical (unpaired) electrons. The van der Waals surface area contributed by atoms with Gasteiger partial charge in [0.2, 0.25) is 11.8 Å². The molecule has 1 saturated heterocycles. The number of hydrogen-bond acceptors (Lipinski definition) is 3. The zero-order valence-corrected chi connectivity index (χ0v) is 16.3. The second kappa shape index (κ2) is 8.97. The number of carbonyl (C=O) groups excluding carboxylic acids is 2. The Morgan fingerprint density at radius 2 is 1.57 bits per heavy atom. The highest BCUT2D eigenvalue weighted by molar-refractivity contribution is 5.93. The third-order valence-corrected chi connectivity index (χ3v) is 4.94. The minimum atomic E-state index is -0.334. The molecule has 0 bridgehead atoms. The quantitative estimate of drug-likeness (QED) is 0.827. The molecule has 2 amide bonds. The van der Waals surface area contributed by atoms with Crippen molar-refractivity contribution in [2.24, 2.45) is 5.92 Å². The molecule has 0 atom stereocenters. The summed E-state index contributed by atoms with van der Waals surface area (Å²) >= 11 is 0. The highest BCUT2D eigenvalue weighted by atomic mass is 19.1. The SMILES string of the molecule is Cc1cc(C)cc(NC(=O)C2CCN(CC(=O)Nc3ccc(F)cc3)CC2)c1. The van der Waals surface area contributed by atoms with Crippen molar-refractivity contribution in [3.8, 4) is 0 Å². The molecule has 0 unspecified atom stereocenters. The first-order chi connectivity index (χ1) is 13.4. The molecule has 1 aliphatic rings. The number of halogens is 1. The van der Waals surface area contributed by atoms with Gasteiger partial charge < -0.3 is 10.6 Å². The molecule has 2 aromatic carbocycles. The highest BCUT2D eigenvalue weighted by Crippen LogP contribution is 2.21. The van der Waals surface area contributed by atoms with Crippen molar-refractivity contribution >= 4 is 23.2 Å². The maximum absolute atomic E-state index is 12.9. The smallest absolute Gasteiger partial charge is 0.238 e. The maximum Gasteiger partial charge on any atom is 0.238 e. The lowest BCUT2D eigenvalue weighted by atomic mass is 9.95. The van der Waals surface area contributed by atoms with Crippen molar-refractivity contribution < 1.29 is 14.0 Å². The molecule has 1 fully saturated rings. The van der Waals surface area contributed by atoms with Crippen LogP contribution in [0.25, 0.3) is 0 Å². The molecule has 28 heavy (non-hydrogen) atoms. The van der Waals surface area contributed by atoms with Gasteiger partial charge in [0.15, 0.2) is 0 Å². The average Bonchev–Trinajstić information content (AvgIpc) is 2.63. The van der Waals surface area contributed by atoms with Gasteiger partial charge in [0.1, 0.15) is 5.82 Å². The number of carbonyl (C=O) groups is 2. The minimum Gasteiger partial charge on any atom is -0.326 e. The molecular formula is C22H26FN3O2. The molecule has 1 aliphatic heterocycles. The van der Waals surface area contributed by atoms with E-state index in [4.69, 9.17) is 0 Å². The Kier molecular flexibility index (Phi) is 6.41. The van der Waals surface area contributed by atoms with Crippen molar-refractivity contribution in [1.29, 1.82) is 0 Å². The van der Waals surface area contributed by atoms with Crippen molar-refractivity contribution in [2.45, 2.75) is 26.7 Å². The number of anilines is 2. The Hall–Kier alpha value is -2.73. The van der Waals surface area contributed by atoms with Gasteiger partial charge >= 0.3 is 0 Å². The second-order valence-corrected chi connectivity index (χ2v) is 7.47. The summed E-state index contributed by atoms with van der Waals surface area (Å²) in [5.41, 5.74) is 3.66. The van der Waals surface area contributed by atoms with Crippen molar-refractivity contribution in [3.05, 3.63) is 59.4 Å². The molecule has 0 saturated carbocycles. The van der Waals surface area contributed by atoms with Crippen LogP contribution in [0.1, 0.15) is 24.0 Å². The first-order valence-corrected chi connectivity index (χ1v) is 9.56. The van der Waals surface area contributed by atoms with E-state index in [0.29, 0.717) is 18.8 Å². The summed E-state index contributed by atoms with van der Waals surface area (Å²) in [7, 11) is 0. The predicted molar refractivity (Wildman–Crippen MR) is 109 cm³/mol. The van der Waals surface area contributed by atoms with E-state index in [9.17, 15) is 14.0 Å². The van der Waals surface area contributed by atoms with Crippen LogP contribution in [0.5, 0.6) is 0 Å². The number of aryl methyl sites for hydroxylation is 2. The molecule has 0 aromatic heterocycles. The number of nitrogens with zero attached hydrogens (tertiary/aromatic N) is 1. The van der Waals surface area contributed by atoms with Gasteiger partial charge in [0.05, 0.1) is 6.54 Å². The van der Waals surface area contributed by atoms with Gasteiger partial charge in [0, 0.05) is 17.3 Å². The molecule has 1 heterocycles. The molecule has 3 rings (SSSR count). The summed E-state index contributed by atoms with van der Waals surface area (Å²) < 4.78 is 12.9. The molecule has 0 spiro atoms. The fourth-order valence-electron chi connectivity index (χ4n) is 3.58. The van der Waals surface area contributed by atoms with Crippen LogP contribution in [0.2, 0.25) is 0 Å². The van der Waals surface area contributed by atoms with Gasteiger partial charge in [-0.05, 0) is 87.3 Å². The highest BCUT2D eigenvalue weighted by Gasteiger charge is 2.26. The van der Waals surface area contributed by atoms with E-state index in [0.717, 1.165) is 29.7 Å². The van der Waals surface area contributed by atoms with E-state index in [-0.39, 0.29) is 30.1 Å². The summed E-state index contributed by atoms with van der Waals surface area (Å²) in [6, 6.07) is 11.7. The van der Waals surface area contributed by atoms with Gasteiger partial charge in [-0.1, -0.05) is 6.07 Å². The summed E-state index contributed by atoms with van der Waals surface area (Å²) in [5, 5.41) is 5.79. The summed E-state index contributed by atoms with van der Waals surface area (Å²) in [4.78, 5) is 26.7. The van der Waals surface area contributed by atoms with E-state index in [1.54, 1.807) is 0 Å². The standard InChI is InChI=1S/C22H26FN3O2/c1-15-11-16(2)13-20(12-15)25-22(28)17-7-9-26(10-8-17)14-21(27)24-19-5-3-18(23)4-6-19/h3-6,11-13,17H,7-10,14H2,1-2H3,(H,24,27)(H,25,28). The zero-order valence-electron chi connectivity index (χ0n) is 16.3. The molecule has 0 aliphatic carbocycles. The van der Waals surface area contributed by atoms with E-state index in [2.05, 4.69) is 16.7 Å². The largest absolute Gasteiger partial charge is 0.326 e. The Balaban J connectivity index is 1.45. The van der Waals surface area contributed by atoms with Gasteiger partial charge in [0.25, 0.3) is 0 Å². The predicted octanol–water partition coefficient (Wildman–Crippen LogP) is 3.73. The fraction of sp³-hybridized carbons (Fsp3) is 0.364. The van der Waals surface area contributed by atoms with Crippen molar-refractivity contribution in [1.82, 2.24) is 4.90 Å². The molecule has 2 aromatic rings. The second-order valence-electron chi connectivity index (χ2n) is 7.47. The van der Waals surface area contributed by atoms with Crippen LogP contribution in [0.4, 0.5) is 15.8 Å². The number of piperidine rings is 1. The van der Waals surface area contributed by atoms with Crippen LogP contribution < -0.4 is 10.6 Å². The summed E-state index contributed by atoms with van der Waals surface area (Å²) in [6.45, 7) is 5.68. The third kappa shape index (κ3) is 5.63. The van der Waals surface area contributed by atoms with E-state index < -0.39 is 0 Å². The van der Waals surface area contributed by atoms with Gasteiger partial charge in [-0.25, -0.2) is 4.39 Å². The number of likely N-dealkylation sites (tertiary alicyclic amines) is 1. The minimum absolute atomic E-state index is 0.0420. The lowest BCUT2D eigenvalue weighted by Gasteiger charge is -2.30. The van der Waals surface area contributed by atoms with E-state index >= 15 is 0 Å². The zero-order chi connectivity index (χ0) is 20.1. The molecule has 148 valence electrons. The Bertz CT molecular complexity index is 823. The van der Waals surface area contributed by atoms with E-state index in [1.807, 2.05) is 30.9 Å². The monoisotopic (exact) mass is 383 g/mol. The Morgan fingerprint density at radius 1 is 0.964 bits per heavy atom. The molecular weight excluding hydrogens is 357 g/mol. The first kappa shape index (κ1) is 20.0. The summed E-state index contributed by atoms with van der Waals surface area (Å²) in [6.07, 6.45) is 1.45. The van der Waals surface area contributed by atoms with Gasteiger partial charge in [-0.3, -0.25) is 14.5 Å². The molecule has 2 N–H and O–H groups in total. The number of amides is 2. The number of nitrogens with one attached hydrogen (secondary N) is 2. The van der Waals surface area contributed by atoms with Crippen LogP contribution >= 0.6 is 0 Å². The van der Waals surface area contributed by atoms with E-state index in [1.165, 1.54) is 24.3 Å². The first-order valence-electron chi connectivity index (χ1n) is 9.56. The van der Waals surface area contributed by atoms with Crippen LogP contribution in [0.3, 0.4) is 0 Å². The van der Waals surface area contributed by atoms with Gasteiger partial charge in [-0.15, -0.1) is 0 Å². The third-order valence-electron chi connectivity index (χ3n) is 4.94. The maximum atomic E-state index is 12.9. The van der Waals surface area contributed by atoms with Crippen LogP contribution in [-0.2, 0) is 9.59 Å². The average molecular weight is 383 g/mol. The lowest BCUT2D eigenvalue weighted by Crippen LogP contribution is -2.41. The molecule has 6 heteroatoms. The summed E-state index contributed by atoms with van der Waals surface area (Å²) in [5.74, 6) is -0.471. The van der Waals surface area contributed by atoms with Crippen molar-refractivity contribution in [3.63, 3.8) is 0 Å². The number of benzene rings is 2. The van der Waals surface area contributed by atoms with Crippen LogP contribution in [-0.4, -0.2) is 36.3 Å². The lowest BCUT2D eigenvalue weighted by molar-refractivity contribution is -0.121. The van der Waals surface area contributed by atoms with Gasteiger partial charge in [-0.2, -0.15) is 0 Å². The van der Waals surface area contributed by atoms with Crippen LogP contribution in [0.15, 0.2) is 42.5 Å². The fourth-order valence-corrected chi connectivity index (χ4v) is 3.58.